The Bertz CT molecular complexity index is 3200. The Morgan fingerprint density at radius 2 is 0.911 bits per heavy atom. The lowest BCUT2D eigenvalue weighted by molar-refractivity contribution is 1.18. The van der Waals surface area contributed by atoms with Gasteiger partial charge < -0.3 is 14.4 Å². The molecule has 0 saturated carbocycles. The summed E-state index contributed by atoms with van der Waals surface area (Å²) in [6.45, 7) is 0. The zero-order valence-electron chi connectivity index (χ0n) is 30.5. The van der Waals surface area contributed by atoms with E-state index in [1.165, 1.54) is 58.4 Å². The summed E-state index contributed by atoms with van der Waals surface area (Å²) in [5, 5.41) is 7.59. The fraction of sp³-hybridized carbons (Fsp3) is 0. The molecule has 0 spiro atoms. The van der Waals surface area contributed by atoms with Gasteiger partial charge in [-0.05, 0) is 95.7 Å². The number of thiophene rings is 1. The molecule has 2 aromatic heterocycles. The predicted octanol–water partition coefficient (Wildman–Crippen LogP) is 15.2. The number of benzene rings is 9. The molecule has 0 aliphatic carbocycles. The molecule has 0 unspecified atom stereocenters. The van der Waals surface area contributed by atoms with E-state index < -0.39 is 0 Å². The fourth-order valence-electron chi connectivity index (χ4n) is 8.48. The third-order valence-electron chi connectivity index (χ3n) is 10.9. The van der Waals surface area contributed by atoms with Gasteiger partial charge in [0.2, 0.25) is 0 Å². The minimum absolute atomic E-state index is 1.07. The minimum Gasteiger partial charge on any atom is -0.310 e. The Labute approximate surface area is 329 Å². The van der Waals surface area contributed by atoms with E-state index in [4.69, 9.17) is 0 Å². The van der Waals surface area contributed by atoms with Crippen molar-refractivity contribution in [1.29, 1.82) is 0 Å². The number of hydrogen-bond donors (Lipinski definition) is 0. The van der Waals surface area contributed by atoms with Gasteiger partial charge in [-0.2, -0.15) is 0 Å². The van der Waals surface area contributed by atoms with Crippen molar-refractivity contribution in [3.8, 4) is 5.69 Å². The number of fused-ring (bicyclic) bond motifs is 8. The maximum atomic E-state index is 2.44. The molecule has 3 nitrogen and oxygen atoms in total. The van der Waals surface area contributed by atoms with Crippen molar-refractivity contribution < 1.29 is 0 Å². The Morgan fingerprint density at radius 3 is 1.68 bits per heavy atom. The van der Waals surface area contributed by atoms with Crippen LogP contribution in [0.25, 0.3) is 58.4 Å². The third-order valence-corrected chi connectivity index (χ3v) is 12.1. The summed E-state index contributed by atoms with van der Waals surface area (Å²) in [5.41, 5.74) is 10.1. The Balaban J connectivity index is 1.14. The molecule has 0 bridgehead atoms. The number of hydrogen-bond acceptors (Lipinski definition) is 3. The molecule has 264 valence electrons. The number of aromatic nitrogens is 1. The van der Waals surface area contributed by atoms with Crippen LogP contribution in [0.3, 0.4) is 0 Å². The molecular formula is C52H35N3S. The topological polar surface area (TPSA) is 11.4 Å². The molecule has 56 heavy (non-hydrogen) atoms. The van der Waals surface area contributed by atoms with Gasteiger partial charge in [0, 0.05) is 60.4 Å². The van der Waals surface area contributed by atoms with E-state index in [1.807, 2.05) is 11.3 Å². The lowest BCUT2D eigenvalue weighted by Gasteiger charge is -2.30. The molecule has 0 fully saturated rings. The SMILES string of the molecule is c1ccc(N(c2cccc(N(c3ccccc3)c3cc4ccccc4c4c3sc3ccccc34)c2)c2ccc3c4ccccc4n(-c4ccccc4)c3c2)cc1. The standard InChI is InChI=1S/C52H35N3S/c1-4-18-37(19-5-1)53(42-31-32-45-44-27-12-14-29-47(44)55(48(45)35-42)39-22-8-3-9-23-39)40-24-16-25-41(34-40)54(38-20-6-2-7-21-38)49-33-36-17-10-11-26-43(36)51-46-28-13-15-30-50(46)56-52(49)51/h1-35H. The highest BCUT2D eigenvalue weighted by molar-refractivity contribution is 7.26. The molecule has 4 heteroatoms. The lowest BCUT2D eigenvalue weighted by Crippen LogP contribution is -2.13. The first-order valence-electron chi connectivity index (χ1n) is 19.0. The molecule has 9 aromatic carbocycles. The Kier molecular flexibility index (Phi) is 7.68. The molecule has 11 aromatic rings. The molecule has 2 heterocycles. The number of rotatable bonds is 7. The van der Waals surface area contributed by atoms with Crippen LogP contribution in [0.1, 0.15) is 0 Å². The van der Waals surface area contributed by atoms with Crippen LogP contribution in [0.2, 0.25) is 0 Å². The third kappa shape index (κ3) is 5.26. The second-order valence-electron chi connectivity index (χ2n) is 14.2. The van der Waals surface area contributed by atoms with E-state index in [0.29, 0.717) is 0 Å². The molecule has 0 radical (unpaired) electrons. The van der Waals surface area contributed by atoms with Crippen LogP contribution in [0.4, 0.5) is 34.1 Å². The van der Waals surface area contributed by atoms with Gasteiger partial charge in [0.15, 0.2) is 0 Å². The first-order chi connectivity index (χ1) is 27.8. The van der Waals surface area contributed by atoms with Crippen molar-refractivity contribution >= 4 is 98.2 Å². The van der Waals surface area contributed by atoms with Crippen LogP contribution < -0.4 is 9.80 Å². The van der Waals surface area contributed by atoms with E-state index in [0.717, 1.165) is 34.1 Å². The quantitative estimate of drug-likeness (QED) is 0.162. The van der Waals surface area contributed by atoms with E-state index in [9.17, 15) is 0 Å². The summed E-state index contributed by atoms with van der Waals surface area (Å²) in [7, 11) is 0. The summed E-state index contributed by atoms with van der Waals surface area (Å²) < 4.78 is 4.96. The highest BCUT2D eigenvalue weighted by Gasteiger charge is 2.23. The van der Waals surface area contributed by atoms with E-state index in [2.05, 4.69) is 227 Å². The largest absolute Gasteiger partial charge is 0.310 e. The Hall–Kier alpha value is -7.14. The first-order valence-corrected chi connectivity index (χ1v) is 19.8. The van der Waals surface area contributed by atoms with Crippen LogP contribution in [0, 0.1) is 0 Å². The van der Waals surface area contributed by atoms with Gasteiger partial charge in [-0.15, -0.1) is 11.3 Å². The number of nitrogens with zero attached hydrogens (tertiary/aromatic N) is 3. The van der Waals surface area contributed by atoms with Crippen molar-refractivity contribution in [1.82, 2.24) is 4.57 Å². The van der Waals surface area contributed by atoms with Crippen LogP contribution in [-0.4, -0.2) is 4.57 Å². The van der Waals surface area contributed by atoms with Crippen molar-refractivity contribution in [2.45, 2.75) is 0 Å². The van der Waals surface area contributed by atoms with Crippen molar-refractivity contribution in [3.05, 3.63) is 212 Å². The summed E-state index contributed by atoms with van der Waals surface area (Å²) >= 11 is 1.87. The average Bonchev–Trinajstić information content (AvgIpc) is 3.82. The van der Waals surface area contributed by atoms with Crippen LogP contribution >= 0.6 is 11.3 Å². The second kappa shape index (κ2) is 13.3. The van der Waals surface area contributed by atoms with E-state index in [-0.39, 0.29) is 0 Å². The smallest absolute Gasteiger partial charge is 0.0646 e. The van der Waals surface area contributed by atoms with Gasteiger partial charge in [-0.3, -0.25) is 0 Å². The average molecular weight is 734 g/mol. The molecule has 0 N–H and O–H groups in total. The molecule has 0 aliphatic heterocycles. The van der Waals surface area contributed by atoms with Crippen molar-refractivity contribution in [2.24, 2.45) is 0 Å². The highest BCUT2D eigenvalue weighted by Crippen LogP contribution is 2.49. The molecule has 0 atom stereocenters. The minimum atomic E-state index is 1.07. The van der Waals surface area contributed by atoms with Gasteiger partial charge in [-0.1, -0.05) is 127 Å². The van der Waals surface area contributed by atoms with Crippen LogP contribution in [0.5, 0.6) is 0 Å². The second-order valence-corrected chi connectivity index (χ2v) is 15.2. The van der Waals surface area contributed by atoms with Gasteiger partial charge in [0.05, 0.1) is 21.4 Å². The molecule has 0 amide bonds. The summed E-state index contributed by atoms with van der Waals surface area (Å²) in [6, 6.07) is 76.8. The zero-order chi connectivity index (χ0) is 37.0. The summed E-state index contributed by atoms with van der Waals surface area (Å²) in [5.74, 6) is 0. The first kappa shape index (κ1) is 32.3. The van der Waals surface area contributed by atoms with Gasteiger partial charge in [0.25, 0.3) is 0 Å². The lowest BCUT2D eigenvalue weighted by atomic mass is 10.0. The summed E-state index contributed by atoms with van der Waals surface area (Å²) in [6.07, 6.45) is 0. The number of anilines is 6. The monoisotopic (exact) mass is 733 g/mol. The normalized spacial score (nSPS) is 11.6. The van der Waals surface area contributed by atoms with E-state index in [1.54, 1.807) is 0 Å². The Morgan fingerprint density at radius 1 is 0.357 bits per heavy atom. The maximum absolute atomic E-state index is 2.44. The van der Waals surface area contributed by atoms with Crippen molar-refractivity contribution in [3.63, 3.8) is 0 Å². The van der Waals surface area contributed by atoms with E-state index >= 15 is 0 Å². The molecule has 11 rings (SSSR count). The zero-order valence-corrected chi connectivity index (χ0v) is 31.3. The van der Waals surface area contributed by atoms with Crippen molar-refractivity contribution in [2.75, 3.05) is 9.80 Å². The number of para-hydroxylation sites is 4. The summed E-state index contributed by atoms with van der Waals surface area (Å²) in [4.78, 5) is 4.82. The van der Waals surface area contributed by atoms with Gasteiger partial charge in [-0.25, -0.2) is 0 Å². The highest BCUT2D eigenvalue weighted by atomic mass is 32.1. The maximum Gasteiger partial charge on any atom is 0.0646 e. The van der Waals surface area contributed by atoms with Crippen LogP contribution in [0.15, 0.2) is 212 Å². The molecular weight excluding hydrogens is 699 g/mol. The predicted molar refractivity (Wildman–Crippen MR) is 241 cm³/mol. The molecule has 0 saturated heterocycles. The van der Waals surface area contributed by atoms with Gasteiger partial charge >= 0.3 is 0 Å². The van der Waals surface area contributed by atoms with Gasteiger partial charge in [0.1, 0.15) is 0 Å². The van der Waals surface area contributed by atoms with Crippen LogP contribution in [-0.2, 0) is 0 Å². The molecule has 0 aliphatic rings. The fourth-order valence-corrected chi connectivity index (χ4v) is 9.70.